The molecule has 0 heterocycles. The number of rotatable bonds is 12. The Morgan fingerprint density at radius 3 is 1.53 bits per heavy atom. The van der Waals surface area contributed by atoms with Gasteiger partial charge in [-0.1, -0.05) is 103 Å². The molecule has 3 aromatic rings. The van der Waals surface area contributed by atoms with E-state index in [9.17, 15) is 5.11 Å². The van der Waals surface area contributed by atoms with Gasteiger partial charge >= 0.3 is 0 Å². The fourth-order valence-corrected chi connectivity index (χ4v) is 4.48. The second-order valence-corrected chi connectivity index (χ2v) is 8.82. The Balaban J connectivity index is 1.43. The second kappa shape index (κ2) is 13.2. The highest BCUT2D eigenvalue weighted by molar-refractivity contribution is 5.16. The number of ether oxygens (including phenoxy) is 3. The van der Waals surface area contributed by atoms with Crippen molar-refractivity contribution in [3.05, 3.63) is 120 Å². The van der Waals surface area contributed by atoms with Gasteiger partial charge in [0.2, 0.25) is 0 Å². The predicted octanol–water partition coefficient (Wildman–Crippen LogP) is 5.42. The van der Waals surface area contributed by atoms with Crippen LogP contribution in [0.1, 0.15) is 16.7 Å². The SMILES string of the molecule is OC[C@@H]1C=C[C@H](OCc2ccccc2)[C@@H](COCc2ccccc2)[C@H]1COCc1ccccc1. The molecule has 0 radical (unpaired) electrons. The molecule has 3 aromatic carbocycles. The van der Waals surface area contributed by atoms with E-state index in [4.69, 9.17) is 14.2 Å². The first-order valence-corrected chi connectivity index (χ1v) is 12.0. The molecule has 0 saturated carbocycles. The zero-order valence-corrected chi connectivity index (χ0v) is 19.5. The first-order valence-electron chi connectivity index (χ1n) is 12.0. The van der Waals surface area contributed by atoms with Crippen LogP contribution in [0.15, 0.2) is 103 Å². The highest BCUT2D eigenvalue weighted by Gasteiger charge is 2.37. The highest BCUT2D eigenvalue weighted by atomic mass is 16.5. The van der Waals surface area contributed by atoms with Crippen molar-refractivity contribution in [1.82, 2.24) is 0 Å². The number of hydrogen-bond donors (Lipinski definition) is 1. The fourth-order valence-electron chi connectivity index (χ4n) is 4.48. The fraction of sp³-hybridized carbons (Fsp3) is 0.333. The van der Waals surface area contributed by atoms with Gasteiger partial charge in [0.1, 0.15) is 0 Å². The molecule has 4 rings (SSSR count). The van der Waals surface area contributed by atoms with Crippen molar-refractivity contribution in [2.45, 2.75) is 25.9 Å². The Hall–Kier alpha value is -2.76. The first kappa shape index (κ1) is 24.4. The minimum absolute atomic E-state index is 0.0117. The van der Waals surface area contributed by atoms with Crippen molar-refractivity contribution in [3.63, 3.8) is 0 Å². The smallest absolute Gasteiger partial charge is 0.0814 e. The lowest BCUT2D eigenvalue weighted by atomic mass is 9.75. The van der Waals surface area contributed by atoms with Crippen LogP contribution in [0, 0.1) is 17.8 Å². The zero-order chi connectivity index (χ0) is 23.4. The summed E-state index contributed by atoms with van der Waals surface area (Å²) in [4.78, 5) is 0. The Morgan fingerprint density at radius 2 is 1.03 bits per heavy atom. The zero-order valence-electron chi connectivity index (χ0n) is 19.5. The first-order chi connectivity index (χ1) is 16.8. The molecular formula is C30H34O4. The van der Waals surface area contributed by atoms with Gasteiger partial charge in [0.05, 0.1) is 39.1 Å². The molecule has 0 spiro atoms. The highest BCUT2D eigenvalue weighted by Crippen LogP contribution is 2.34. The van der Waals surface area contributed by atoms with Gasteiger partial charge in [-0.3, -0.25) is 0 Å². The van der Waals surface area contributed by atoms with E-state index in [0.29, 0.717) is 33.0 Å². The summed E-state index contributed by atoms with van der Waals surface area (Å²) in [6.07, 6.45) is 4.07. The van der Waals surface area contributed by atoms with Gasteiger partial charge in [-0.05, 0) is 22.6 Å². The number of hydrogen-bond acceptors (Lipinski definition) is 4. The van der Waals surface area contributed by atoms with Crippen LogP contribution in [-0.2, 0) is 34.0 Å². The van der Waals surface area contributed by atoms with Crippen LogP contribution in [-0.4, -0.2) is 31.0 Å². The van der Waals surface area contributed by atoms with E-state index in [1.165, 1.54) is 0 Å². The molecule has 1 N–H and O–H groups in total. The van der Waals surface area contributed by atoms with Crippen molar-refractivity contribution in [2.24, 2.45) is 17.8 Å². The number of aliphatic hydroxyl groups excluding tert-OH is 1. The van der Waals surface area contributed by atoms with Gasteiger partial charge in [-0.2, -0.15) is 0 Å². The molecule has 0 saturated heterocycles. The topological polar surface area (TPSA) is 47.9 Å². The summed E-state index contributed by atoms with van der Waals surface area (Å²) in [6, 6.07) is 30.6. The van der Waals surface area contributed by atoms with E-state index in [1.54, 1.807) is 0 Å². The quantitative estimate of drug-likeness (QED) is 0.369. The van der Waals surface area contributed by atoms with Gasteiger partial charge in [-0.15, -0.1) is 0 Å². The minimum Gasteiger partial charge on any atom is -0.396 e. The van der Waals surface area contributed by atoms with E-state index < -0.39 is 0 Å². The van der Waals surface area contributed by atoms with Gasteiger partial charge < -0.3 is 19.3 Å². The van der Waals surface area contributed by atoms with Crippen LogP contribution in [0.2, 0.25) is 0 Å². The molecule has 0 aliphatic heterocycles. The summed E-state index contributed by atoms with van der Waals surface area (Å²) in [5, 5.41) is 10.1. The summed E-state index contributed by atoms with van der Waals surface area (Å²) >= 11 is 0. The molecule has 178 valence electrons. The summed E-state index contributed by atoms with van der Waals surface area (Å²) in [6.45, 7) is 2.78. The largest absolute Gasteiger partial charge is 0.396 e. The maximum atomic E-state index is 10.1. The van der Waals surface area contributed by atoms with Gasteiger partial charge in [0, 0.05) is 18.4 Å². The molecular weight excluding hydrogens is 424 g/mol. The van der Waals surface area contributed by atoms with Crippen LogP contribution in [0.5, 0.6) is 0 Å². The van der Waals surface area contributed by atoms with Crippen LogP contribution in [0.4, 0.5) is 0 Å². The maximum Gasteiger partial charge on any atom is 0.0814 e. The van der Waals surface area contributed by atoms with E-state index in [2.05, 4.69) is 48.6 Å². The summed E-state index contributed by atoms with van der Waals surface area (Å²) in [5.41, 5.74) is 3.43. The van der Waals surface area contributed by atoms with Crippen LogP contribution < -0.4 is 0 Å². The molecule has 0 bridgehead atoms. The second-order valence-electron chi connectivity index (χ2n) is 8.82. The maximum absolute atomic E-state index is 10.1. The third kappa shape index (κ3) is 7.12. The van der Waals surface area contributed by atoms with Gasteiger partial charge in [0.15, 0.2) is 0 Å². The van der Waals surface area contributed by atoms with Gasteiger partial charge in [-0.25, -0.2) is 0 Å². The predicted molar refractivity (Wildman–Crippen MR) is 134 cm³/mol. The molecule has 0 fully saturated rings. The lowest BCUT2D eigenvalue weighted by Gasteiger charge is -2.38. The van der Waals surface area contributed by atoms with Crippen molar-refractivity contribution >= 4 is 0 Å². The normalized spacial score (nSPS) is 22.0. The summed E-state index contributed by atoms with van der Waals surface area (Å²) < 4.78 is 18.7. The molecule has 0 aromatic heterocycles. The molecule has 4 nitrogen and oxygen atoms in total. The Kier molecular flexibility index (Phi) is 9.47. The third-order valence-electron chi connectivity index (χ3n) is 6.41. The van der Waals surface area contributed by atoms with Crippen molar-refractivity contribution in [2.75, 3.05) is 19.8 Å². The third-order valence-corrected chi connectivity index (χ3v) is 6.41. The van der Waals surface area contributed by atoms with Crippen LogP contribution >= 0.6 is 0 Å². The van der Waals surface area contributed by atoms with Crippen molar-refractivity contribution < 1.29 is 19.3 Å². The summed E-state index contributed by atoms with van der Waals surface area (Å²) in [5.74, 6) is 0.179. The number of benzene rings is 3. The summed E-state index contributed by atoms with van der Waals surface area (Å²) in [7, 11) is 0. The molecule has 0 amide bonds. The lowest BCUT2D eigenvalue weighted by Crippen LogP contribution is -2.42. The van der Waals surface area contributed by atoms with E-state index in [0.717, 1.165) is 16.7 Å². The lowest BCUT2D eigenvalue weighted by molar-refractivity contribution is -0.0712. The van der Waals surface area contributed by atoms with Crippen LogP contribution in [0.3, 0.4) is 0 Å². The van der Waals surface area contributed by atoms with Crippen molar-refractivity contribution in [1.29, 1.82) is 0 Å². The Morgan fingerprint density at radius 1 is 0.559 bits per heavy atom. The molecule has 34 heavy (non-hydrogen) atoms. The molecule has 1 aliphatic carbocycles. The van der Waals surface area contributed by atoms with Crippen molar-refractivity contribution in [3.8, 4) is 0 Å². The Bertz CT molecular complexity index is 974. The van der Waals surface area contributed by atoms with Gasteiger partial charge in [0.25, 0.3) is 0 Å². The average molecular weight is 459 g/mol. The van der Waals surface area contributed by atoms with E-state index in [-0.39, 0.29) is 30.5 Å². The standard InChI is InChI=1S/C30H34O4/c31-18-27-16-17-30(34-21-26-14-8-3-9-15-26)29(23-33-20-25-12-6-2-7-13-25)28(27)22-32-19-24-10-4-1-5-11-24/h1-17,27-31H,18-23H2/t27-,28-,29-,30-/m0/s1. The molecule has 4 heteroatoms. The number of aliphatic hydroxyl groups is 1. The van der Waals surface area contributed by atoms with E-state index in [1.807, 2.05) is 54.6 Å². The van der Waals surface area contributed by atoms with Crippen LogP contribution in [0.25, 0.3) is 0 Å². The van der Waals surface area contributed by atoms with E-state index >= 15 is 0 Å². The molecule has 1 aliphatic rings. The average Bonchev–Trinajstić information content (AvgIpc) is 2.90. The Labute approximate surface area is 202 Å². The monoisotopic (exact) mass is 458 g/mol. The molecule has 0 unspecified atom stereocenters. The molecule has 4 atom stereocenters. The minimum atomic E-state index is -0.107.